The Morgan fingerprint density at radius 3 is 1.38 bits per heavy atom. The van der Waals surface area contributed by atoms with E-state index in [0.29, 0.717) is 11.8 Å². The molecule has 5 aliphatic carbocycles. The maximum atomic E-state index is 6.58. The number of fused-ring (bicyclic) bond motifs is 10. The Balaban J connectivity index is 0.932. The summed E-state index contributed by atoms with van der Waals surface area (Å²) in [6.45, 7) is 13.8. The summed E-state index contributed by atoms with van der Waals surface area (Å²) < 4.78 is 13.1. The van der Waals surface area contributed by atoms with Gasteiger partial charge in [0.2, 0.25) is 0 Å². The van der Waals surface area contributed by atoms with Crippen molar-refractivity contribution in [1.29, 1.82) is 0 Å². The number of nitrogens with zero attached hydrogens (tertiary/aromatic N) is 2. The summed E-state index contributed by atoms with van der Waals surface area (Å²) in [5.41, 5.74) is 19.1. The summed E-state index contributed by atoms with van der Waals surface area (Å²) in [4.78, 5) is 4.99. The van der Waals surface area contributed by atoms with Crippen molar-refractivity contribution in [3.05, 3.63) is 204 Å². The first-order valence-electron chi connectivity index (χ1n) is 27.2. The first kappa shape index (κ1) is 44.0. The lowest BCUT2D eigenvalue weighted by atomic mass is 9.43. The molecule has 2 aromatic heterocycles. The van der Waals surface area contributed by atoms with Gasteiger partial charge in [0.15, 0.2) is 0 Å². The normalized spacial score (nSPS) is 20.9. The zero-order valence-electron chi connectivity index (χ0n) is 43.4. The fourth-order valence-corrected chi connectivity index (χ4v) is 15.2. The highest BCUT2D eigenvalue weighted by Crippen LogP contribution is 2.70. The van der Waals surface area contributed by atoms with Crippen LogP contribution in [0.4, 0.5) is 34.1 Å². The second kappa shape index (κ2) is 15.7. The highest BCUT2D eigenvalue weighted by Gasteiger charge is 2.61. The van der Waals surface area contributed by atoms with E-state index in [9.17, 15) is 0 Å². The van der Waals surface area contributed by atoms with Crippen LogP contribution in [0.25, 0.3) is 65.8 Å². The molecular formula is C70H62N2O2. The molecule has 0 unspecified atom stereocenters. The summed E-state index contributed by atoms with van der Waals surface area (Å²) >= 11 is 0. The summed E-state index contributed by atoms with van der Waals surface area (Å²) in [5, 5.41) is 7.12. The number of hydrogen-bond acceptors (Lipinski definition) is 4. The lowest BCUT2D eigenvalue weighted by Crippen LogP contribution is -2.55. The molecule has 4 fully saturated rings. The van der Waals surface area contributed by atoms with Gasteiger partial charge < -0.3 is 18.6 Å². The smallest absolute Gasteiger partial charge is 0.137 e. The average Bonchev–Trinajstić information content (AvgIpc) is 4.20. The molecule has 0 aliphatic heterocycles. The van der Waals surface area contributed by atoms with E-state index in [1.807, 2.05) is 0 Å². The Morgan fingerprint density at radius 1 is 0.392 bits per heavy atom. The van der Waals surface area contributed by atoms with Crippen molar-refractivity contribution in [2.45, 2.75) is 89.9 Å². The van der Waals surface area contributed by atoms with Crippen molar-refractivity contribution in [2.24, 2.45) is 23.7 Å². The van der Waals surface area contributed by atoms with E-state index in [2.05, 4.69) is 233 Å². The second-order valence-corrected chi connectivity index (χ2v) is 24.6. The summed E-state index contributed by atoms with van der Waals surface area (Å²) in [6.07, 6.45) is 6.66. The van der Waals surface area contributed by atoms with Gasteiger partial charge in [-0.25, -0.2) is 0 Å². The van der Waals surface area contributed by atoms with Crippen LogP contribution in [0.15, 0.2) is 191 Å². The number of rotatable bonds is 6. The van der Waals surface area contributed by atoms with Crippen LogP contribution in [0.5, 0.6) is 0 Å². The summed E-state index contributed by atoms with van der Waals surface area (Å²) in [6, 6.07) is 68.6. The predicted molar refractivity (Wildman–Crippen MR) is 309 cm³/mol. The molecule has 4 saturated carbocycles. The molecule has 364 valence electrons. The van der Waals surface area contributed by atoms with E-state index in [0.717, 1.165) is 84.1 Å². The molecule has 11 aromatic rings. The van der Waals surface area contributed by atoms with Gasteiger partial charge in [-0.2, -0.15) is 0 Å². The van der Waals surface area contributed by atoms with Crippen molar-refractivity contribution in [3.8, 4) is 11.1 Å². The maximum Gasteiger partial charge on any atom is 0.137 e. The molecule has 0 radical (unpaired) electrons. The van der Waals surface area contributed by atoms with E-state index in [4.69, 9.17) is 8.83 Å². The lowest BCUT2D eigenvalue weighted by Gasteiger charge is -2.61. The molecular weight excluding hydrogens is 901 g/mol. The summed E-state index contributed by atoms with van der Waals surface area (Å²) in [7, 11) is 0. The Labute approximate surface area is 434 Å². The zero-order valence-corrected chi connectivity index (χ0v) is 43.4. The highest BCUT2D eigenvalue weighted by atomic mass is 16.3. The van der Waals surface area contributed by atoms with Crippen molar-refractivity contribution in [2.75, 3.05) is 9.80 Å². The predicted octanol–water partition coefficient (Wildman–Crippen LogP) is 19.9. The van der Waals surface area contributed by atoms with Crippen LogP contribution in [0.3, 0.4) is 0 Å². The summed E-state index contributed by atoms with van der Waals surface area (Å²) in [5.74, 6) is 2.85. The Bertz CT molecular complexity index is 4030. The minimum absolute atomic E-state index is 0.0401. The van der Waals surface area contributed by atoms with Gasteiger partial charge in [-0.05, 0) is 208 Å². The molecule has 1 spiro atoms. The van der Waals surface area contributed by atoms with E-state index < -0.39 is 0 Å². The number of hydrogen-bond donors (Lipinski definition) is 0. The SMILES string of the molecule is CC(C)(C)c1ccc(N(c2ccc3c(c2)C2(c4cc5cc(N(c6ccc(C(C)(C)C)cc6)c6cccc7oc8ccccc8c67)ccc5cc4-3)C3CC4CC(C3)CC2C4)c2cccc3oc4ccccc4c23)cc1. The van der Waals surface area contributed by atoms with Crippen LogP contribution in [0, 0.1) is 23.7 Å². The Kier molecular flexibility index (Phi) is 9.35. The van der Waals surface area contributed by atoms with Crippen LogP contribution in [-0.2, 0) is 16.2 Å². The van der Waals surface area contributed by atoms with Gasteiger partial charge in [0, 0.05) is 38.9 Å². The molecule has 74 heavy (non-hydrogen) atoms. The number of anilines is 6. The third-order valence-electron chi connectivity index (χ3n) is 18.3. The molecule has 16 rings (SSSR count). The first-order chi connectivity index (χ1) is 35.9. The van der Waals surface area contributed by atoms with Gasteiger partial charge in [-0.15, -0.1) is 0 Å². The van der Waals surface area contributed by atoms with Crippen molar-refractivity contribution < 1.29 is 8.83 Å². The van der Waals surface area contributed by atoms with Gasteiger partial charge >= 0.3 is 0 Å². The molecule has 4 nitrogen and oxygen atoms in total. The number of furan rings is 2. The van der Waals surface area contributed by atoms with Gasteiger partial charge in [-0.1, -0.05) is 126 Å². The van der Waals surface area contributed by atoms with Crippen molar-refractivity contribution in [1.82, 2.24) is 0 Å². The molecule has 9 aromatic carbocycles. The molecule has 5 aliphatic rings. The van der Waals surface area contributed by atoms with Gasteiger partial charge in [0.05, 0.1) is 22.1 Å². The van der Waals surface area contributed by atoms with Crippen LogP contribution in [0.2, 0.25) is 0 Å². The van der Waals surface area contributed by atoms with E-state index in [1.54, 1.807) is 5.56 Å². The fourth-order valence-electron chi connectivity index (χ4n) is 15.2. The van der Waals surface area contributed by atoms with Crippen LogP contribution in [-0.4, -0.2) is 0 Å². The first-order valence-corrected chi connectivity index (χ1v) is 27.2. The molecule has 0 saturated heterocycles. The van der Waals surface area contributed by atoms with Crippen LogP contribution >= 0.6 is 0 Å². The lowest BCUT2D eigenvalue weighted by molar-refractivity contribution is -0.0398. The molecule has 2 heterocycles. The second-order valence-electron chi connectivity index (χ2n) is 24.6. The minimum atomic E-state index is -0.0713. The Morgan fingerprint density at radius 2 is 0.851 bits per heavy atom. The van der Waals surface area contributed by atoms with E-state index >= 15 is 0 Å². The third-order valence-corrected chi connectivity index (χ3v) is 18.3. The molecule has 0 N–H and O–H groups in total. The van der Waals surface area contributed by atoms with Gasteiger partial charge in [0.1, 0.15) is 22.3 Å². The van der Waals surface area contributed by atoms with Crippen molar-refractivity contribution in [3.63, 3.8) is 0 Å². The topological polar surface area (TPSA) is 32.8 Å². The zero-order chi connectivity index (χ0) is 49.8. The highest BCUT2D eigenvalue weighted by molar-refractivity contribution is 6.15. The standard InChI is InChI=1S/C70H62N2O2/c1-68(2,3)46-22-27-50(28-23-46)71(60-15-11-19-64-66(60)55-13-7-9-17-62(55)73-64)52-26-21-44-39-57-54-32-31-53(41-59(54)70(58(57)40-45(44)38-52)48-34-42-33-43(36-48)37-49(70)35-42)72(51-29-24-47(25-30-51)69(4,5)6)61-16-12-20-65-67(61)56-14-8-10-18-63(56)74-65/h7-32,38-43,48-49H,33-37H2,1-6H3. The molecule has 4 heteroatoms. The molecule has 0 amide bonds. The molecule has 0 atom stereocenters. The van der Waals surface area contributed by atoms with Gasteiger partial charge in [-0.3, -0.25) is 0 Å². The van der Waals surface area contributed by atoms with Crippen LogP contribution < -0.4 is 9.80 Å². The van der Waals surface area contributed by atoms with E-state index in [1.165, 1.54) is 76.4 Å². The van der Waals surface area contributed by atoms with E-state index in [-0.39, 0.29) is 16.2 Å². The van der Waals surface area contributed by atoms with Crippen LogP contribution in [0.1, 0.15) is 95.9 Å². The third kappa shape index (κ3) is 6.46. The molecule has 4 bridgehead atoms. The monoisotopic (exact) mass is 962 g/mol. The quantitative estimate of drug-likeness (QED) is 0.166. The average molecular weight is 963 g/mol. The van der Waals surface area contributed by atoms with Gasteiger partial charge in [0.25, 0.3) is 0 Å². The number of benzene rings is 9. The Hall–Kier alpha value is -7.56. The maximum absolute atomic E-state index is 6.58. The fraction of sp³-hybridized carbons (Fsp3) is 0.257. The minimum Gasteiger partial charge on any atom is -0.456 e. The number of para-hydroxylation sites is 2. The van der Waals surface area contributed by atoms with Crippen molar-refractivity contribution >= 4 is 88.8 Å². The largest absolute Gasteiger partial charge is 0.456 e.